The molecule has 6 nitrogen and oxygen atoms in total. The molecule has 26 heavy (non-hydrogen) atoms. The predicted molar refractivity (Wildman–Crippen MR) is 98.5 cm³/mol. The van der Waals surface area contributed by atoms with Gasteiger partial charge in [0.15, 0.2) is 11.2 Å². The summed E-state index contributed by atoms with van der Waals surface area (Å²) in [6, 6.07) is 15.0. The maximum absolute atomic E-state index is 12.4. The molecule has 1 N–H and O–H groups in total. The summed E-state index contributed by atoms with van der Waals surface area (Å²) in [5.74, 6) is -0.440. The Hall–Kier alpha value is -3.41. The second-order valence-corrected chi connectivity index (χ2v) is 6.12. The number of hydrogen-bond acceptors (Lipinski definition) is 4. The van der Waals surface area contributed by atoms with Gasteiger partial charge >= 0.3 is 0 Å². The van der Waals surface area contributed by atoms with E-state index in [1.54, 1.807) is 53.4 Å². The zero-order chi connectivity index (χ0) is 18.1. The number of hydrogen-bond donors (Lipinski definition) is 1. The van der Waals surface area contributed by atoms with Crippen molar-refractivity contribution in [3.8, 4) is 0 Å². The van der Waals surface area contributed by atoms with Crippen LogP contribution in [-0.4, -0.2) is 18.4 Å². The molecule has 0 radical (unpaired) electrons. The summed E-state index contributed by atoms with van der Waals surface area (Å²) in [7, 11) is 0. The van der Waals surface area contributed by atoms with Gasteiger partial charge in [-0.05, 0) is 42.8 Å². The molecule has 2 aromatic carbocycles. The van der Waals surface area contributed by atoms with Crippen molar-refractivity contribution in [3.63, 3.8) is 0 Å². The van der Waals surface area contributed by atoms with Gasteiger partial charge in [0.1, 0.15) is 5.58 Å². The Morgan fingerprint density at radius 1 is 1.04 bits per heavy atom. The summed E-state index contributed by atoms with van der Waals surface area (Å²) in [4.78, 5) is 38.0. The van der Waals surface area contributed by atoms with E-state index < -0.39 is 5.91 Å². The molecule has 1 aromatic heterocycles. The van der Waals surface area contributed by atoms with Gasteiger partial charge in [-0.1, -0.05) is 12.1 Å². The molecule has 0 unspecified atom stereocenters. The lowest BCUT2D eigenvalue weighted by molar-refractivity contribution is -0.117. The van der Waals surface area contributed by atoms with Gasteiger partial charge < -0.3 is 14.6 Å². The largest absolute Gasteiger partial charge is 0.451 e. The van der Waals surface area contributed by atoms with Crippen LogP contribution in [-0.2, 0) is 4.79 Å². The van der Waals surface area contributed by atoms with Crippen LogP contribution in [0.3, 0.4) is 0 Å². The smallest absolute Gasteiger partial charge is 0.291 e. The van der Waals surface area contributed by atoms with Crippen LogP contribution < -0.4 is 15.6 Å². The van der Waals surface area contributed by atoms with Gasteiger partial charge in [-0.15, -0.1) is 0 Å². The van der Waals surface area contributed by atoms with E-state index in [1.807, 2.05) is 0 Å². The van der Waals surface area contributed by atoms with Crippen LogP contribution in [0.5, 0.6) is 0 Å². The van der Waals surface area contributed by atoms with Crippen LogP contribution in [0, 0.1) is 0 Å². The molecule has 1 saturated heterocycles. The van der Waals surface area contributed by atoms with Gasteiger partial charge in [0.2, 0.25) is 5.91 Å². The Morgan fingerprint density at radius 3 is 2.54 bits per heavy atom. The molecule has 0 bridgehead atoms. The molecule has 6 heteroatoms. The zero-order valence-electron chi connectivity index (χ0n) is 13.9. The number of rotatable bonds is 3. The molecule has 0 aliphatic carbocycles. The topological polar surface area (TPSA) is 79.6 Å². The maximum atomic E-state index is 12.4. The Kier molecular flexibility index (Phi) is 4.01. The Morgan fingerprint density at radius 2 is 1.81 bits per heavy atom. The molecule has 130 valence electrons. The second-order valence-electron chi connectivity index (χ2n) is 6.12. The van der Waals surface area contributed by atoms with Crippen molar-refractivity contribution in [1.82, 2.24) is 0 Å². The molecule has 1 aliphatic rings. The van der Waals surface area contributed by atoms with Gasteiger partial charge in [-0.3, -0.25) is 14.4 Å². The van der Waals surface area contributed by atoms with Crippen molar-refractivity contribution in [2.45, 2.75) is 12.8 Å². The van der Waals surface area contributed by atoms with Crippen molar-refractivity contribution < 1.29 is 14.0 Å². The highest BCUT2D eigenvalue weighted by Gasteiger charge is 2.21. The lowest BCUT2D eigenvalue weighted by Crippen LogP contribution is -2.23. The van der Waals surface area contributed by atoms with Gasteiger partial charge in [0.25, 0.3) is 5.91 Å². The van der Waals surface area contributed by atoms with Crippen LogP contribution in [0.2, 0.25) is 0 Å². The van der Waals surface area contributed by atoms with E-state index in [2.05, 4.69) is 5.32 Å². The van der Waals surface area contributed by atoms with Crippen LogP contribution in [0.1, 0.15) is 23.4 Å². The number of benzene rings is 2. The van der Waals surface area contributed by atoms with E-state index in [0.717, 1.165) is 12.1 Å². The number of anilines is 2. The van der Waals surface area contributed by atoms with Crippen molar-refractivity contribution in [3.05, 3.63) is 70.6 Å². The third-order valence-electron chi connectivity index (χ3n) is 4.37. The summed E-state index contributed by atoms with van der Waals surface area (Å²) in [5, 5.41) is 3.14. The highest BCUT2D eigenvalue weighted by molar-refractivity contribution is 6.03. The van der Waals surface area contributed by atoms with Crippen molar-refractivity contribution in [2.24, 2.45) is 0 Å². The van der Waals surface area contributed by atoms with Gasteiger partial charge in [0.05, 0.1) is 5.39 Å². The van der Waals surface area contributed by atoms with E-state index in [0.29, 0.717) is 29.6 Å². The zero-order valence-corrected chi connectivity index (χ0v) is 13.9. The summed E-state index contributed by atoms with van der Waals surface area (Å²) in [6.45, 7) is 0.715. The Labute approximate surface area is 149 Å². The minimum atomic E-state index is -0.502. The third-order valence-corrected chi connectivity index (χ3v) is 4.37. The fraction of sp³-hybridized carbons (Fsp3) is 0.150. The average molecular weight is 348 g/mol. The summed E-state index contributed by atoms with van der Waals surface area (Å²) < 4.78 is 5.53. The quantitative estimate of drug-likeness (QED) is 0.788. The Balaban J connectivity index is 1.55. The number of amides is 2. The first-order chi connectivity index (χ1) is 12.6. The van der Waals surface area contributed by atoms with Gasteiger partial charge in [-0.25, -0.2) is 0 Å². The minimum absolute atomic E-state index is 0.0486. The highest BCUT2D eigenvalue weighted by atomic mass is 16.3. The lowest BCUT2D eigenvalue weighted by atomic mass is 10.2. The van der Waals surface area contributed by atoms with Gasteiger partial charge in [0, 0.05) is 30.4 Å². The molecule has 4 rings (SSSR count). The van der Waals surface area contributed by atoms with Crippen molar-refractivity contribution >= 4 is 34.2 Å². The van der Waals surface area contributed by atoms with E-state index >= 15 is 0 Å². The second kappa shape index (κ2) is 6.48. The Bertz CT molecular complexity index is 1050. The molecule has 0 spiro atoms. The molecule has 0 saturated carbocycles. The van der Waals surface area contributed by atoms with Crippen LogP contribution in [0.25, 0.3) is 11.0 Å². The SMILES string of the molecule is O=C(Nc1ccc(N2CCCC2=O)cc1)c1cc(=O)c2ccccc2o1. The van der Waals surface area contributed by atoms with Crippen LogP contribution in [0.4, 0.5) is 11.4 Å². The lowest BCUT2D eigenvalue weighted by Gasteiger charge is -2.16. The molecular weight excluding hydrogens is 332 g/mol. The first-order valence-corrected chi connectivity index (χ1v) is 8.36. The molecule has 2 heterocycles. The fourth-order valence-electron chi connectivity index (χ4n) is 3.05. The number of fused-ring (bicyclic) bond motifs is 1. The van der Waals surface area contributed by atoms with E-state index in [9.17, 15) is 14.4 Å². The number of nitrogens with zero attached hydrogens (tertiary/aromatic N) is 1. The number of para-hydroxylation sites is 1. The fourth-order valence-corrected chi connectivity index (χ4v) is 3.05. The van der Waals surface area contributed by atoms with E-state index in [-0.39, 0.29) is 17.1 Å². The first kappa shape index (κ1) is 16.1. The molecular formula is C20H16N2O4. The first-order valence-electron chi connectivity index (χ1n) is 8.36. The standard InChI is InChI=1S/C20H16N2O4/c23-16-12-18(26-17-5-2-1-4-15(16)17)20(25)21-13-7-9-14(10-8-13)22-11-3-6-19(22)24/h1-2,4-5,7-10,12H,3,6,11H2,(H,21,25). The molecule has 2 amide bonds. The number of carbonyl (C=O) groups is 2. The monoisotopic (exact) mass is 348 g/mol. The maximum Gasteiger partial charge on any atom is 0.291 e. The molecule has 1 fully saturated rings. The highest BCUT2D eigenvalue weighted by Crippen LogP contribution is 2.23. The predicted octanol–water partition coefficient (Wildman–Crippen LogP) is 3.17. The van der Waals surface area contributed by atoms with Crippen LogP contribution >= 0.6 is 0 Å². The molecule has 3 aromatic rings. The van der Waals surface area contributed by atoms with E-state index in [1.165, 1.54) is 6.07 Å². The van der Waals surface area contributed by atoms with Crippen molar-refractivity contribution in [2.75, 3.05) is 16.8 Å². The normalized spacial score (nSPS) is 14.0. The summed E-state index contributed by atoms with van der Waals surface area (Å²) >= 11 is 0. The van der Waals surface area contributed by atoms with Crippen LogP contribution in [0.15, 0.2) is 63.8 Å². The summed E-state index contributed by atoms with van der Waals surface area (Å²) in [5.41, 5.74) is 1.47. The molecule has 0 atom stereocenters. The number of nitrogens with one attached hydrogen (secondary N) is 1. The molecule has 1 aliphatic heterocycles. The third kappa shape index (κ3) is 2.97. The number of carbonyl (C=O) groups excluding carboxylic acids is 2. The average Bonchev–Trinajstić information content (AvgIpc) is 3.08. The van der Waals surface area contributed by atoms with E-state index in [4.69, 9.17) is 4.42 Å². The summed E-state index contributed by atoms with van der Waals surface area (Å²) in [6.07, 6.45) is 1.43. The van der Waals surface area contributed by atoms with Crippen molar-refractivity contribution in [1.29, 1.82) is 0 Å². The van der Waals surface area contributed by atoms with Gasteiger partial charge in [-0.2, -0.15) is 0 Å². The minimum Gasteiger partial charge on any atom is -0.451 e.